The van der Waals surface area contributed by atoms with E-state index in [0.29, 0.717) is 11.6 Å². The number of hydrogen-bond donors (Lipinski definition) is 1. The molecule has 1 N–H and O–H groups in total. The molecule has 4 aromatic rings. The monoisotopic (exact) mass is 709 g/mol. The first kappa shape index (κ1) is 34.2. The highest BCUT2D eigenvalue weighted by Crippen LogP contribution is 2.27. The molecule has 1 atom stereocenters. The topological polar surface area (TPSA) is 86.8 Å². The predicted molar refractivity (Wildman–Crippen MR) is 184 cm³/mol. The average Bonchev–Trinajstić information content (AvgIpc) is 3.01. The van der Waals surface area contributed by atoms with Crippen LogP contribution in [-0.4, -0.2) is 44.3 Å². The smallest absolute Gasteiger partial charge is 0.264 e. The van der Waals surface area contributed by atoms with Gasteiger partial charge in [0.05, 0.1) is 10.6 Å². The van der Waals surface area contributed by atoms with Gasteiger partial charge in [0.1, 0.15) is 12.6 Å². The van der Waals surface area contributed by atoms with Crippen molar-refractivity contribution >= 4 is 55.1 Å². The van der Waals surface area contributed by atoms with Crippen LogP contribution in [0.25, 0.3) is 0 Å². The van der Waals surface area contributed by atoms with Gasteiger partial charge in [0.25, 0.3) is 10.0 Å². The molecule has 0 aliphatic carbocycles. The lowest BCUT2D eigenvalue weighted by molar-refractivity contribution is -0.140. The van der Waals surface area contributed by atoms with Crippen molar-refractivity contribution in [2.45, 2.75) is 44.7 Å². The normalized spacial score (nSPS) is 12.0. The third-order valence-electron chi connectivity index (χ3n) is 7.21. The summed E-state index contributed by atoms with van der Waals surface area (Å²) >= 11 is 9.75. The van der Waals surface area contributed by atoms with E-state index >= 15 is 0 Å². The van der Waals surface area contributed by atoms with Crippen LogP contribution in [0, 0.1) is 12.8 Å². The molecule has 0 aliphatic heterocycles. The van der Waals surface area contributed by atoms with Gasteiger partial charge in [-0.1, -0.05) is 108 Å². The highest BCUT2D eigenvalue weighted by atomic mass is 79.9. The fourth-order valence-corrected chi connectivity index (χ4v) is 6.62. The van der Waals surface area contributed by atoms with Gasteiger partial charge in [-0.3, -0.25) is 13.9 Å². The van der Waals surface area contributed by atoms with Crippen LogP contribution in [0.3, 0.4) is 0 Å². The number of halogens is 2. The predicted octanol–water partition coefficient (Wildman–Crippen LogP) is 7.02. The van der Waals surface area contributed by atoms with Crippen LogP contribution in [0.15, 0.2) is 112 Å². The van der Waals surface area contributed by atoms with Crippen LogP contribution in [0.2, 0.25) is 5.02 Å². The van der Waals surface area contributed by atoms with Gasteiger partial charge < -0.3 is 10.2 Å². The summed E-state index contributed by atoms with van der Waals surface area (Å²) in [4.78, 5) is 29.8. The number of anilines is 1. The molecule has 7 nitrogen and oxygen atoms in total. The maximum absolute atomic E-state index is 14.5. The van der Waals surface area contributed by atoms with Gasteiger partial charge in [0.15, 0.2) is 0 Å². The Morgan fingerprint density at radius 1 is 0.867 bits per heavy atom. The third-order valence-corrected chi connectivity index (χ3v) is 9.76. The van der Waals surface area contributed by atoms with Crippen molar-refractivity contribution in [1.29, 1.82) is 0 Å². The first-order valence-corrected chi connectivity index (χ1v) is 17.3. The maximum atomic E-state index is 14.5. The summed E-state index contributed by atoms with van der Waals surface area (Å²) in [6.07, 6.45) is 0.245. The van der Waals surface area contributed by atoms with E-state index in [1.165, 1.54) is 23.1 Å². The minimum atomic E-state index is -4.20. The first-order chi connectivity index (χ1) is 21.4. The Morgan fingerprint density at radius 3 is 2.16 bits per heavy atom. The van der Waals surface area contributed by atoms with E-state index in [2.05, 4.69) is 21.2 Å². The third kappa shape index (κ3) is 9.42. The molecule has 2 amide bonds. The Balaban J connectivity index is 1.79. The van der Waals surface area contributed by atoms with Crippen molar-refractivity contribution in [3.05, 3.63) is 129 Å². The molecule has 0 fully saturated rings. The van der Waals surface area contributed by atoms with E-state index in [9.17, 15) is 18.0 Å². The van der Waals surface area contributed by atoms with Crippen LogP contribution >= 0.6 is 27.5 Å². The molecule has 1 unspecified atom stereocenters. The van der Waals surface area contributed by atoms with Gasteiger partial charge in [0, 0.05) is 29.0 Å². The maximum Gasteiger partial charge on any atom is 0.264 e. The number of benzene rings is 4. The van der Waals surface area contributed by atoms with E-state index < -0.39 is 28.5 Å². The number of carbonyl (C=O) groups excluding carboxylic acids is 2. The Morgan fingerprint density at radius 2 is 1.53 bits per heavy atom. The average molecular weight is 711 g/mol. The largest absolute Gasteiger partial charge is 0.354 e. The van der Waals surface area contributed by atoms with Crippen LogP contribution < -0.4 is 9.62 Å². The van der Waals surface area contributed by atoms with Crippen LogP contribution in [-0.2, 0) is 32.6 Å². The molecule has 10 heteroatoms. The van der Waals surface area contributed by atoms with Crippen molar-refractivity contribution in [2.75, 3.05) is 17.4 Å². The minimum Gasteiger partial charge on any atom is -0.354 e. The summed E-state index contributed by atoms with van der Waals surface area (Å²) in [7, 11) is -4.20. The lowest BCUT2D eigenvalue weighted by Crippen LogP contribution is -2.53. The van der Waals surface area contributed by atoms with Gasteiger partial charge in [-0.05, 0) is 66.4 Å². The van der Waals surface area contributed by atoms with E-state index in [0.717, 1.165) is 25.5 Å². The highest BCUT2D eigenvalue weighted by Gasteiger charge is 2.34. The number of amides is 2. The van der Waals surface area contributed by atoms with E-state index in [-0.39, 0.29) is 35.4 Å². The van der Waals surface area contributed by atoms with Gasteiger partial charge in [-0.15, -0.1) is 0 Å². The number of sulfonamides is 1. The molecule has 4 rings (SSSR count). The molecule has 4 aromatic carbocycles. The van der Waals surface area contributed by atoms with Gasteiger partial charge in [-0.2, -0.15) is 0 Å². The zero-order chi connectivity index (χ0) is 32.6. The van der Waals surface area contributed by atoms with E-state index in [1.54, 1.807) is 30.3 Å². The SMILES string of the molecule is Cc1ccc(S(=O)(=O)N(CC(=O)N(Cc2ccc(Br)cc2)C(Cc2ccccc2)C(=O)NCC(C)C)c2cccc(Cl)c2)cc1. The summed E-state index contributed by atoms with van der Waals surface area (Å²) < 4.78 is 30.2. The van der Waals surface area contributed by atoms with Crippen molar-refractivity contribution in [3.8, 4) is 0 Å². The standard InChI is InChI=1S/C35H37BrClN3O4S/c1-25(2)22-38-35(42)33(20-27-8-5-4-6-9-27)39(23-28-14-16-29(36)17-15-28)34(41)24-40(31-11-7-10-30(37)21-31)45(43,44)32-18-12-26(3)13-19-32/h4-19,21,25,33H,20,22-24H2,1-3H3,(H,38,42). The highest BCUT2D eigenvalue weighted by molar-refractivity contribution is 9.10. The summed E-state index contributed by atoms with van der Waals surface area (Å²) in [5.74, 6) is -0.650. The molecule has 0 spiro atoms. The molecule has 0 saturated heterocycles. The molecule has 0 bridgehead atoms. The van der Waals surface area contributed by atoms with Crippen LogP contribution in [0.5, 0.6) is 0 Å². The number of nitrogens with zero attached hydrogens (tertiary/aromatic N) is 2. The zero-order valence-corrected chi connectivity index (χ0v) is 28.6. The molecule has 0 saturated carbocycles. The molecule has 236 valence electrons. The minimum absolute atomic E-state index is 0.0378. The number of hydrogen-bond acceptors (Lipinski definition) is 4. The molecular formula is C35H37BrClN3O4S. The fraction of sp³-hybridized carbons (Fsp3) is 0.257. The molecule has 0 heterocycles. The summed E-state index contributed by atoms with van der Waals surface area (Å²) in [6.45, 7) is 5.83. The van der Waals surface area contributed by atoms with Gasteiger partial charge >= 0.3 is 0 Å². The quantitative estimate of drug-likeness (QED) is 0.162. The van der Waals surface area contributed by atoms with Gasteiger partial charge in [0.2, 0.25) is 11.8 Å². The second-order valence-corrected chi connectivity index (χ2v) is 14.5. The Kier molecular flexibility index (Phi) is 11.8. The summed E-state index contributed by atoms with van der Waals surface area (Å²) in [6, 6.07) is 28.9. The zero-order valence-electron chi connectivity index (χ0n) is 25.5. The lowest BCUT2D eigenvalue weighted by Gasteiger charge is -2.34. The lowest BCUT2D eigenvalue weighted by atomic mass is 10.0. The molecule has 0 aliphatic rings. The Bertz CT molecular complexity index is 1700. The van der Waals surface area contributed by atoms with E-state index in [4.69, 9.17) is 11.6 Å². The Labute approximate surface area is 279 Å². The van der Waals surface area contributed by atoms with Crippen molar-refractivity contribution in [3.63, 3.8) is 0 Å². The molecule has 0 aromatic heterocycles. The molecular weight excluding hydrogens is 674 g/mol. The molecule has 0 radical (unpaired) electrons. The number of nitrogens with one attached hydrogen (secondary N) is 1. The number of rotatable bonds is 13. The van der Waals surface area contributed by atoms with Crippen molar-refractivity contribution in [2.24, 2.45) is 5.92 Å². The number of carbonyl (C=O) groups is 2. The number of aryl methyl sites for hydroxylation is 1. The fourth-order valence-electron chi connectivity index (χ4n) is 4.76. The summed E-state index contributed by atoms with van der Waals surface area (Å²) in [5.41, 5.74) is 2.80. The van der Waals surface area contributed by atoms with Crippen LogP contribution in [0.4, 0.5) is 5.69 Å². The second-order valence-electron chi connectivity index (χ2n) is 11.3. The Hall–Kier alpha value is -3.66. The van der Waals surface area contributed by atoms with Crippen LogP contribution in [0.1, 0.15) is 30.5 Å². The van der Waals surface area contributed by atoms with E-state index in [1.807, 2.05) is 75.4 Å². The van der Waals surface area contributed by atoms with Crippen molar-refractivity contribution in [1.82, 2.24) is 10.2 Å². The molecule has 45 heavy (non-hydrogen) atoms. The van der Waals surface area contributed by atoms with Gasteiger partial charge in [-0.25, -0.2) is 8.42 Å². The second kappa shape index (κ2) is 15.6. The first-order valence-electron chi connectivity index (χ1n) is 14.6. The van der Waals surface area contributed by atoms with Crippen molar-refractivity contribution < 1.29 is 18.0 Å². The summed E-state index contributed by atoms with van der Waals surface area (Å²) in [5, 5.41) is 3.32.